The molecule has 2 N–H and O–H groups in total. The molecule has 2 heterocycles. The van der Waals surface area contributed by atoms with E-state index in [0.29, 0.717) is 24.0 Å². The normalized spacial score (nSPS) is 18.9. The number of likely N-dealkylation sites (tertiary alicyclic amines) is 1. The zero-order valence-electron chi connectivity index (χ0n) is 10.2. The van der Waals surface area contributed by atoms with E-state index < -0.39 is 11.9 Å². The molecular weight excluding hydrogens is 246 g/mol. The van der Waals surface area contributed by atoms with Gasteiger partial charge in [0, 0.05) is 18.5 Å². The second-order valence-corrected chi connectivity index (χ2v) is 4.71. The van der Waals surface area contributed by atoms with E-state index in [4.69, 9.17) is 5.11 Å². The van der Waals surface area contributed by atoms with Crippen molar-refractivity contribution >= 4 is 22.8 Å². The lowest BCUT2D eigenvalue weighted by Gasteiger charge is -2.16. The Morgan fingerprint density at radius 3 is 3.00 bits per heavy atom. The maximum atomic E-state index is 12.4. The third kappa shape index (κ3) is 1.95. The number of amides is 1. The Labute approximate surface area is 109 Å². The Bertz CT molecular complexity index is 649. The van der Waals surface area contributed by atoms with Gasteiger partial charge in [-0.05, 0) is 12.5 Å². The van der Waals surface area contributed by atoms with Crippen molar-refractivity contribution in [3.8, 4) is 0 Å². The summed E-state index contributed by atoms with van der Waals surface area (Å²) < 4.78 is 0. The van der Waals surface area contributed by atoms with Gasteiger partial charge in [0.2, 0.25) is 0 Å². The summed E-state index contributed by atoms with van der Waals surface area (Å²) in [6.07, 6.45) is 2.18. The molecule has 1 aliphatic heterocycles. The van der Waals surface area contributed by atoms with Gasteiger partial charge in [-0.2, -0.15) is 5.10 Å². The first-order valence-electron chi connectivity index (χ1n) is 6.11. The number of carbonyl (C=O) groups excluding carboxylic acids is 1. The third-order valence-corrected chi connectivity index (χ3v) is 3.53. The van der Waals surface area contributed by atoms with Crippen molar-refractivity contribution in [2.75, 3.05) is 13.1 Å². The highest BCUT2D eigenvalue weighted by Crippen LogP contribution is 2.22. The number of hydrogen-bond donors (Lipinski definition) is 2. The maximum absolute atomic E-state index is 12.4. The van der Waals surface area contributed by atoms with Gasteiger partial charge in [-0.15, -0.1) is 0 Å². The number of aliphatic carboxylic acids is 1. The zero-order chi connectivity index (χ0) is 13.4. The highest BCUT2D eigenvalue weighted by molar-refractivity contribution is 6.05. The summed E-state index contributed by atoms with van der Waals surface area (Å²) in [5.41, 5.74) is 1.24. The van der Waals surface area contributed by atoms with Gasteiger partial charge in [0.1, 0.15) is 0 Å². The van der Waals surface area contributed by atoms with Crippen LogP contribution in [-0.2, 0) is 4.79 Å². The number of carbonyl (C=O) groups is 2. The van der Waals surface area contributed by atoms with Crippen LogP contribution >= 0.6 is 0 Å². The number of para-hydroxylation sites is 1. The molecule has 1 unspecified atom stereocenters. The van der Waals surface area contributed by atoms with E-state index in [1.54, 1.807) is 23.2 Å². The quantitative estimate of drug-likeness (QED) is 0.845. The van der Waals surface area contributed by atoms with Crippen molar-refractivity contribution in [1.82, 2.24) is 15.1 Å². The van der Waals surface area contributed by atoms with Gasteiger partial charge in [0.15, 0.2) is 0 Å². The van der Waals surface area contributed by atoms with Gasteiger partial charge < -0.3 is 10.0 Å². The van der Waals surface area contributed by atoms with Crippen molar-refractivity contribution in [3.63, 3.8) is 0 Å². The summed E-state index contributed by atoms with van der Waals surface area (Å²) in [6.45, 7) is 0.763. The number of nitrogens with zero attached hydrogens (tertiary/aromatic N) is 2. The first-order chi connectivity index (χ1) is 9.16. The number of nitrogens with one attached hydrogen (secondary N) is 1. The Hall–Kier alpha value is -2.37. The fourth-order valence-electron chi connectivity index (χ4n) is 2.46. The average Bonchev–Trinajstić information content (AvgIpc) is 3.06. The second kappa shape index (κ2) is 4.38. The lowest BCUT2D eigenvalue weighted by Crippen LogP contribution is -2.30. The van der Waals surface area contributed by atoms with Crippen molar-refractivity contribution in [3.05, 3.63) is 30.0 Å². The van der Waals surface area contributed by atoms with E-state index in [-0.39, 0.29) is 12.5 Å². The van der Waals surface area contributed by atoms with Crippen LogP contribution in [-0.4, -0.2) is 45.2 Å². The van der Waals surface area contributed by atoms with E-state index in [9.17, 15) is 9.59 Å². The Balaban J connectivity index is 1.89. The number of aromatic amines is 1. The molecule has 0 saturated carbocycles. The van der Waals surface area contributed by atoms with Crippen LogP contribution in [0.3, 0.4) is 0 Å². The summed E-state index contributed by atoms with van der Waals surface area (Å²) in [5, 5.41) is 16.6. The molecule has 1 aromatic heterocycles. The molecule has 3 rings (SSSR count). The first kappa shape index (κ1) is 11.7. The van der Waals surface area contributed by atoms with Crippen molar-refractivity contribution in [2.24, 2.45) is 5.92 Å². The number of H-pyrrole nitrogens is 1. The average molecular weight is 259 g/mol. The van der Waals surface area contributed by atoms with Crippen LogP contribution in [0.4, 0.5) is 0 Å². The van der Waals surface area contributed by atoms with Crippen molar-refractivity contribution < 1.29 is 14.7 Å². The van der Waals surface area contributed by atoms with Crippen LogP contribution in [0, 0.1) is 5.92 Å². The topological polar surface area (TPSA) is 86.3 Å². The number of rotatable bonds is 2. The van der Waals surface area contributed by atoms with Gasteiger partial charge in [-0.1, -0.05) is 12.1 Å². The van der Waals surface area contributed by atoms with Crippen LogP contribution in [0.25, 0.3) is 10.9 Å². The SMILES string of the molecule is O=C(O)C1CCN(C(=O)c2cccc3cn[nH]c23)C1. The van der Waals surface area contributed by atoms with E-state index in [0.717, 1.165) is 5.39 Å². The predicted molar refractivity (Wildman–Crippen MR) is 67.7 cm³/mol. The van der Waals surface area contributed by atoms with E-state index in [1.807, 2.05) is 6.07 Å². The molecule has 1 atom stereocenters. The lowest BCUT2D eigenvalue weighted by atomic mass is 10.1. The van der Waals surface area contributed by atoms with Crippen LogP contribution in [0.2, 0.25) is 0 Å². The van der Waals surface area contributed by atoms with Crippen molar-refractivity contribution in [1.29, 1.82) is 0 Å². The molecular formula is C13H13N3O3. The molecule has 1 saturated heterocycles. The van der Waals surface area contributed by atoms with Gasteiger partial charge in [-0.25, -0.2) is 0 Å². The van der Waals surface area contributed by atoms with Crippen molar-refractivity contribution in [2.45, 2.75) is 6.42 Å². The molecule has 1 aliphatic rings. The summed E-state index contributed by atoms with van der Waals surface area (Å²) in [6, 6.07) is 5.41. The van der Waals surface area contributed by atoms with Crippen LogP contribution in [0.15, 0.2) is 24.4 Å². The van der Waals surface area contributed by atoms with Gasteiger partial charge in [-0.3, -0.25) is 14.7 Å². The van der Waals surface area contributed by atoms with Gasteiger partial charge in [0.05, 0.1) is 23.2 Å². The summed E-state index contributed by atoms with van der Waals surface area (Å²) in [4.78, 5) is 24.9. The van der Waals surface area contributed by atoms with Crippen LogP contribution < -0.4 is 0 Å². The maximum Gasteiger partial charge on any atom is 0.308 e. The largest absolute Gasteiger partial charge is 0.481 e. The summed E-state index contributed by atoms with van der Waals surface area (Å²) in [7, 11) is 0. The highest BCUT2D eigenvalue weighted by Gasteiger charge is 2.31. The molecule has 1 amide bonds. The number of fused-ring (bicyclic) bond motifs is 1. The minimum Gasteiger partial charge on any atom is -0.481 e. The minimum atomic E-state index is -0.838. The smallest absolute Gasteiger partial charge is 0.308 e. The van der Waals surface area contributed by atoms with E-state index in [1.165, 1.54) is 0 Å². The van der Waals surface area contributed by atoms with Gasteiger partial charge >= 0.3 is 5.97 Å². The number of benzene rings is 1. The molecule has 1 fully saturated rings. The fourth-order valence-corrected chi connectivity index (χ4v) is 2.46. The fraction of sp³-hybridized carbons (Fsp3) is 0.308. The Kier molecular flexibility index (Phi) is 2.70. The summed E-state index contributed by atoms with van der Waals surface area (Å²) >= 11 is 0. The van der Waals surface area contributed by atoms with E-state index in [2.05, 4.69) is 10.2 Å². The molecule has 98 valence electrons. The molecule has 0 radical (unpaired) electrons. The number of hydrogen-bond acceptors (Lipinski definition) is 3. The number of carboxylic acid groups (broad SMARTS) is 1. The lowest BCUT2D eigenvalue weighted by molar-refractivity contribution is -0.141. The standard InChI is InChI=1S/C13H13N3O3/c17-12(16-5-4-9(7-16)13(18)19)10-3-1-2-8-6-14-15-11(8)10/h1-3,6,9H,4-5,7H2,(H,14,15)(H,18,19). The monoisotopic (exact) mass is 259 g/mol. The minimum absolute atomic E-state index is 0.140. The van der Waals surface area contributed by atoms with Gasteiger partial charge in [0.25, 0.3) is 5.91 Å². The van der Waals surface area contributed by atoms with Crippen LogP contribution in [0.5, 0.6) is 0 Å². The first-order valence-corrected chi connectivity index (χ1v) is 6.11. The third-order valence-electron chi connectivity index (χ3n) is 3.53. The number of carboxylic acids is 1. The zero-order valence-corrected chi connectivity index (χ0v) is 10.2. The Morgan fingerprint density at radius 1 is 1.42 bits per heavy atom. The Morgan fingerprint density at radius 2 is 2.26 bits per heavy atom. The highest BCUT2D eigenvalue weighted by atomic mass is 16.4. The second-order valence-electron chi connectivity index (χ2n) is 4.71. The number of aromatic nitrogens is 2. The summed E-state index contributed by atoms with van der Waals surface area (Å²) in [5.74, 6) is -1.43. The molecule has 0 bridgehead atoms. The molecule has 6 nitrogen and oxygen atoms in total. The molecule has 0 aliphatic carbocycles. The van der Waals surface area contributed by atoms with Crippen LogP contribution in [0.1, 0.15) is 16.8 Å². The van der Waals surface area contributed by atoms with E-state index >= 15 is 0 Å². The molecule has 19 heavy (non-hydrogen) atoms. The molecule has 0 spiro atoms. The molecule has 6 heteroatoms. The molecule has 1 aromatic carbocycles. The molecule has 2 aromatic rings. The predicted octanol–water partition coefficient (Wildman–Crippen LogP) is 1.11.